The molecule has 0 saturated carbocycles. The molecular formula is C25H47NO2. The molecule has 0 rings (SSSR count). The molecule has 0 fully saturated rings. The fourth-order valence-electron chi connectivity index (χ4n) is 3.63. The van der Waals surface area contributed by atoms with E-state index in [0.29, 0.717) is 13.0 Å². The topological polar surface area (TPSA) is 30.7 Å². The van der Waals surface area contributed by atoms with Crippen LogP contribution in [0.4, 0.5) is 0 Å². The van der Waals surface area contributed by atoms with Gasteiger partial charge in [-0.15, -0.1) is 0 Å². The van der Waals surface area contributed by atoms with Crippen LogP contribution in [0.25, 0.3) is 4.85 Å². The van der Waals surface area contributed by atoms with Crippen LogP contribution < -0.4 is 0 Å². The summed E-state index contributed by atoms with van der Waals surface area (Å²) in [5.41, 5.74) is 0. The minimum Gasteiger partial charge on any atom is -0.462 e. The molecular weight excluding hydrogens is 346 g/mol. The predicted molar refractivity (Wildman–Crippen MR) is 120 cm³/mol. The first-order valence-corrected chi connectivity index (χ1v) is 12.3. The highest BCUT2D eigenvalue weighted by atomic mass is 16.5. The highest BCUT2D eigenvalue weighted by molar-refractivity contribution is 5.69. The molecule has 0 aliphatic rings. The van der Waals surface area contributed by atoms with Crippen LogP contribution in [0.5, 0.6) is 0 Å². The molecule has 164 valence electrons. The molecule has 0 aromatic carbocycles. The molecule has 0 unspecified atom stereocenters. The number of rotatable bonds is 21. The third-order valence-corrected chi connectivity index (χ3v) is 5.46. The Kier molecular flexibility index (Phi) is 21.4. The van der Waals surface area contributed by atoms with Crippen molar-refractivity contribution in [1.82, 2.24) is 0 Å². The van der Waals surface area contributed by atoms with Gasteiger partial charge < -0.3 is 9.58 Å². The van der Waals surface area contributed by atoms with Crippen molar-refractivity contribution in [3.05, 3.63) is 11.4 Å². The van der Waals surface area contributed by atoms with Crippen LogP contribution in [-0.2, 0) is 9.53 Å². The van der Waals surface area contributed by atoms with Crippen LogP contribution in [0.2, 0.25) is 0 Å². The van der Waals surface area contributed by atoms with Crippen LogP contribution in [0.15, 0.2) is 0 Å². The summed E-state index contributed by atoms with van der Waals surface area (Å²) in [7, 11) is 0. The van der Waals surface area contributed by atoms with E-state index in [0.717, 1.165) is 32.1 Å². The van der Waals surface area contributed by atoms with Crippen LogP contribution >= 0.6 is 0 Å². The zero-order valence-electron chi connectivity index (χ0n) is 19.0. The maximum Gasteiger partial charge on any atom is 0.306 e. The van der Waals surface area contributed by atoms with Crippen molar-refractivity contribution in [3.8, 4) is 0 Å². The Morgan fingerprint density at radius 1 is 0.714 bits per heavy atom. The zero-order chi connectivity index (χ0) is 20.7. The monoisotopic (exact) mass is 393 g/mol. The lowest BCUT2D eigenvalue weighted by Crippen LogP contribution is -2.18. The van der Waals surface area contributed by atoms with Crippen molar-refractivity contribution in [2.45, 2.75) is 142 Å². The summed E-state index contributed by atoms with van der Waals surface area (Å²) in [5.74, 6) is 0.0233. The molecule has 0 bridgehead atoms. The Bertz CT molecular complexity index is 363. The largest absolute Gasteiger partial charge is 0.462 e. The van der Waals surface area contributed by atoms with Crippen molar-refractivity contribution in [1.29, 1.82) is 0 Å². The van der Waals surface area contributed by atoms with E-state index in [-0.39, 0.29) is 12.1 Å². The van der Waals surface area contributed by atoms with E-state index in [2.05, 4.69) is 18.7 Å². The van der Waals surface area contributed by atoms with Gasteiger partial charge in [-0.1, -0.05) is 84.5 Å². The van der Waals surface area contributed by atoms with Crippen LogP contribution in [0, 0.1) is 6.57 Å². The zero-order valence-corrected chi connectivity index (χ0v) is 19.0. The third-order valence-electron chi connectivity index (χ3n) is 5.46. The lowest BCUT2D eigenvalue weighted by Gasteiger charge is -2.18. The number of hydrogen-bond acceptors (Lipinski definition) is 2. The van der Waals surface area contributed by atoms with Crippen molar-refractivity contribution in [2.75, 3.05) is 6.54 Å². The van der Waals surface area contributed by atoms with E-state index in [9.17, 15) is 4.79 Å². The SMILES string of the molecule is [C-]#[N+]CCCCCCCCCCC(=O)OC(CCCCCC)CCCCCC. The summed E-state index contributed by atoms with van der Waals surface area (Å²) in [6.07, 6.45) is 22.1. The Morgan fingerprint density at radius 2 is 1.18 bits per heavy atom. The molecule has 0 aromatic heterocycles. The molecule has 0 aromatic rings. The van der Waals surface area contributed by atoms with E-state index >= 15 is 0 Å². The van der Waals surface area contributed by atoms with E-state index in [1.165, 1.54) is 83.5 Å². The molecule has 3 heteroatoms. The number of hydrogen-bond donors (Lipinski definition) is 0. The molecule has 0 heterocycles. The first-order chi connectivity index (χ1) is 13.7. The molecule has 0 saturated heterocycles. The fourth-order valence-corrected chi connectivity index (χ4v) is 3.63. The van der Waals surface area contributed by atoms with Crippen LogP contribution in [0.3, 0.4) is 0 Å². The second-order valence-electron chi connectivity index (χ2n) is 8.27. The number of ether oxygens (including phenoxy) is 1. The lowest BCUT2D eigenvalue weighted by atomic mass is 10.0. The summed E-state index contributed by atoms with van der Waals surface area (Å²) in [5, 5.41) is 0. The molecule has 0 radical (unpaired) electrons. The number of esters is 1. The second-order valence-corrected chi connectivity index (χ2v) is 8.27. The van der Waals surface area contributed by atoms with Crippen LogP contribution in [-0.4, -0.2) is 18.6 Å². The van der Waals surface area contributed by atoms with Gasteiger partial charge >= 0.3 is 5.97 Å². The first kappa shape index (κ1) is 27.0. The van der Waals surface area contributed by atoms with E-state index < -0.39 is 0 Å². The highest BCUT2D eigenvalue weighted by Crippen LogP contribution is 2.17. The fraction of sp³-hybridized carbons (Fsp3) is 0.920. The predicted octanol–water partition coefficient (Wildman–Crippen LogP) is 8.27. The van der Waals surface area contributed by atoms with Gasteiger partial charge in [0.1, 0.15) is 6.10 Å². The van der Waals surface area contributed by atoms with E-state index in [1.807, 2.05) is 0 Å². The van der Waals surface area contributed by atoms with Gasteiger partial charge in [0.05, 0.1) is 0 Å². The summed E-state index contributed by atoms with van der Waals surface area (Å²) in [6.45, 7) is 11.9. The normalized spacial score (nSPS) is 10.9. The summed E-state index contributed by atoms with van der Waals surface area (Å²) < 4.78 is 5.83. The van der Waals surface area contributed by atoms with Crippen molar-refractivity contribution < 1.29 is 9.53 Å². The average molecular weight is 394 g/mol. The first-order valence-electron chi connectivity index (χ1n) is 12.3. The van der Waals surface area contributed by atoms with Gasteiger partial charge in [-0.3, -0.25) is 4.79 Å². The molecule has 0 aliphatic carbocycles. The molecule has 28 heavy (non-hydrogen) atoms. The highest BCUT2D eigenvalue weighted by Gasteiger charge is 2.14. The van der Waals surface area contributed by atoms with Gasteiger partial charge in [0.15, 0.2) is 0 Å². The second kappa shape index (κ2) is 22.3. The maximum atomic E-state index is 12.2. The van der Waals surface area contributed by atoms with E-state index in [4.69, 9.17) is 11.3 Å². The Morgan fingerprint density at radius 3 is 1.68 bits per heavy atom. The molecule has 0 amide bonds. The van der Waals surface area contributed by atoms with Gasteiger partial charge in [-0.05, 0) is 38.5 Å². The molecule has 0 atom stereocenters. The van der Waals surface area contributed by atoms with Crippen molar-refractivity contribution >= 4 is 5.97 Å². The quantitative estimate of drug-likeness (QED) is 0.112. The lowest BCUT2D eigenvalue weighted by molar-refractivity contribution is -0.150. The summed E-state index contributed by atoms with van der Waals surface area (Å²) in [6, 6.07) is 0. The maximum absolute atomic E-state index is 12.2. The third kappa shape index (κ3) is 19.7. The van der Waals surface area contributed by atoms with Gasteiger partial charge in [0, 0.05) is 12.8 Å². The van der Waals surface area contributed by atoms with Gasteiger partial charge in [0.25, 0.3) is 0 Å². The minimum absolute atomic E-state index is 0.0233. The minimum atomic E-state index is 0.0233. The average Bonchev–Trinajstić information content (AvgIpc) is 2.69. The number of carbonyl (C=O) groups is 1. The molecule has 0 spiro atoms. The molecule has 3 nitrogen and oxygen atoms in total. The van der Waals surface area contributed by atoms with Gasteiger partial charge in [-0.25, -0.2) is 6.57 Å². The summed E-state index contributed by atoms with van der Waals surface area (Å²) in [4.78, 5) is 15.6. The van der Waals surface area contributed by atoms with E-state index in [1.54, 1.807) is 0 Å². The Hall–Kier alpha value is -1.04. The standard InChI is InChI=1S/C25H47NO2/c1-4-6-8-16-20-24(21-17-9-7-5-2)28-25(27)22-18-14-12-10-11-13-15-19-23-26-3/h24H,4-23H2,1-2H3. The smallest absolute Gasteiger partial charge is 0.306 e. The number of nitrogens with zero attached hydrogens (tertiary/aromatic N) is 1. The Labute approximate surface area is 175 Å². The molecule has 0 aliphatic heterocycles. The number of carbonyl (C=O) groups excluding carboxylic acids is 1. The number of unbranched alkanes of at least 4 members (excludes halogenated alkanes) is 13. The van der Waals surface area contributed by atoms with Crippen LogP contribution in [0.1, 0.15) is 136 Å². The van der Waals surface area contributed by atoms with Crippen molar-refractivity contribution in [3.63, 3.8) is 0 Å². The Balaban J connectivity index is 3.78. The summed E-state index contributed by atoms with van der Waals surface area (Å²) >= 11 is 0. The van der Waals surface area contributed by atoms with Gasteiger partial charge in [-0.2, -0.15) is 0 Å². The molecule has 0 N–H and O–H groups in total. The van der Waals surface area contributed by atoms with Crippen molar-refractivity contribution in [2.24, 2.45) is 0 Å². The van der Waals surface area contributed by atoms with Gasteiger partial charge in [0.2, 0.25) is 6.54 Å².